The zero-order chi connectivity index (χ0) is 15.3. The molecule has 0 aliphatic rings. The van der Waals surface area contributed by atoms with E-state index in [0.717, 1.165) is 11.1 Å². The first-order valence-electron chi connectivity index (χ1n) is 6.32. The van der Waals surface area contributed by atoms with Gasteiger partial charge in [-0.1, -0.05) is 60.7 Å². The summed E-state index contributed by atoms with van der Waals surface area (Å²) < 4.78 is 41.1. The first-order chi connectivity index (χ1) is 9.98. The Kier molecular flexibility index (Phi) is 4.62. The van der Waals surface area contributed by atoms with Gasteiger partial charge < -0.3 is 4.74 Å². The minimum absolute atomic E-state index is 0.355. The van der Waals surface area contributed by atoms with Gasteiger partial charge >= 0.3 is 12.1 Å². The molecule has 2 nitrogen and oxygen atoms in total. The highest BCUT2D eigenvalue weighted by Crippen LogP contribution is 2.26. The molecule has 0 amide bonds. The predicted octanol–water partition coefficient (Wildman–Crippen LogP) is 3.92. The molecule has 0 unspecified atom stereocenters. The summed E-state index contributed by atoms with van der Waals surface area (Å²) in [5.74, 6) is -2.60. The molecule has 2 aromatic carbocycles. The number of alkyl halides is 3. The van der Waals surface area contributed by atoms with E-state index >= 15 is 0 Å². The Hall–Kier alpha value is -2.30. The normalized spacial score (nSPS) is 11.4. The molecule has 0 heterocycles. The molecule has 0 atom stereocenters. The van der Waals surface area contributed by atoms with E-state index in [1.807, 2.05) is 12.1 Å². The van der Waals surface area contributed by atoms with E-state index in [-0.39, 0.29) is 6.61 Å². The lowest BCUT2D eigenvalue weighted by molar-refractivity contribution is -0.199. The monoisotopic (exact) mass is 294 g/mol. The molecule has 0 saturated carbocycles. The fourth-order valence-corrected chi connectivity index (χ4v) is 2.00. The minimum Gasteiger partial charge on any atom is -0.458 e. The summed E-state index contributed by atoms with van der Waals surface area (Å²) in [6.45, 7) is -0.355. The Morgan fingerprint density at radius 2 is 1.33 bits per heavy atom. The molecule has 0 bridgehead atoms. The number of carbonyl (C=O) groups excluding carboxylic acids is 1. The number of hydrogen-bond acceptors (Lipinski definition) is 2. The molecule has 5 heteroatoms. The number of hydrogen-bond donors (Lipinski definition) is 0. The summed E-state index contributed by atoms with van der Waals surface area (Å²) in [5, 5.41) is 0. The van der Waals surface area contributed by atoms with E-state index in [1.165, 1.54) is 0 Å². The number of ether oxygens (including phenoxy) is 1. The zero-order valence-electron chi connectivity index (χ0n) is 11.0. The molecule has 0 aliphatic heterocycles. The van der Waals surface area contributed by atoms with Crippen LogP contribution in [0, 0.1) is 0 Å². The summed E-state index contributed by atoms with van der Waals surface area (Å²) in [6, 6.07) is 17.9. The lowest BCUT2D eigenvalue weighted by Crippen LogP contribution is -2.27. The third kappa shape index (κ3) is 4.08. The number of halogens is 3. The van der Waals surface area contributed by atoms with Crippen LogP contribution in [-0.2, 0) is 9.53 Å². The predicted molar refractivity (Wildman–Crippen MR) is 71.7 cm³/mol. The molecule has 0 saturated heterocycles. The summed E-state index contributed by atoms with van der Waals surface area (Å²) in [6.07, 6.45) is -4.97. The molecule has 2 aromatic rings. The van der Waals surface area contributed by atoms with Crippen LogP contribution in [0.25, 0.3) is 0 Å². The maximum Gasteiger partial charge on any atom is 0.490 e. The van der Waals surface area contributed by atoms with Crippen LogP contribution in [0.2, 0.25) is 0 Å². The largest absolute Gasteiger partial charge is 0.490 e. The number of rotatable bonds is 4. The SMILES string of the molecule is O=C(OCC(c1ccccc1)c1ccccc1)C(F)(F)F. The van der Waals surface area contributed by atoms with Crippen LogP contribution in [0.1, 0.15) is 17.0 Å². The molecule has 0 N–H and O–H groups in total. The Labute approximate surface area is 120 Å². The molecule has 21 heavy (non-hydrogen) atoms. The van der Waals surface area contributed by atoms with Crippen molar-refractivity contribution in [3.05, 3.63) is 71.8 Å². The highest BCUT2D eigenvalue weighted by Gasteiger charge is 2.41. The molecule has 0 spiro atoms. The second-order valence-corrected chi connectivity index (χ2v) is 4.47. The second-order valence-electron chi connectivity index (χ2n) is 4.47. The summed E-state index contributed by atoms with van der Waals surface area (Å²) in [7, 11) is 0. The maximum atomic E-state index is 12.2. The lowest BCUT2D eigenvalue weighted by atomic mass is 9.92. The van der Waals surface area contributed by atoms with E-state index in [2.05, 4.69) is 4.74 Å². The van der Waals surface area contributed by atoms with Gasteiger partial charge in [-0.15, -0.1) is 0 Å². The zero-order valence-corrected chi connectivity index (χ0v) is 11.0. The van der Waals surface area contributed by atoms with E-state index in [4.69, 9.17) is 0 Å². The fraction of sp³-hybridized carbons (Fsp3) is 0.188. The van der Waals surface area contributed by atoms with Gasteiger partial charge in [0.2, 0.25) is 0 Å². The molecular formula is C16H13F3O2. The third-order valence-corrected chi connectivity index (χ3v) is 3.02. The van der Waals surface area contributed by atoms with Crippen molar-refractivity contribution < 1.29 is 22.7 Å². The summed E-state index contributed by atoms with van der Waals surface area (Å²) in [4.78, 5) is 10.9. The van der Waals surface area contributed by atoms with Gasteiger partial charge in [-0.05, 0) is 11.1 Å². The van der Waals surface area contributed by atoms with Gasteiger partial charge in [0.15, 0.2) is 0 Å². The molecular weight excluding hydrogens is 281 g/mol. The third-order valence-electron chi connectivity index (χ3n) is 3.02. The van der Waals surface area contributed by atoms with Crippen molar-refractivity contribution in [3.63, 3.8) is 0 Å². The molecule has 0 aliphatic carbocycles. The second kappa shape index (κ2) is 6.43. The smallest absolute Gasteiger partial charge is 0.458 e. The molecule has 2 rings (SSSR count). The molecule has 0 radical (unpaired) electrons. The first kappa shape index (κ1) is 15.1. The van der Waals surface area contributed by atoms with Crippen molar-refractivity contribution in [2.24, 2.45) is 0 Å². The van der Waals surface area contributed by atoms with Gasteiger partial charge in [0.25, 0.3) is 0 Å². The van der Waals surface area contributed by atoms with Crippen LogP contribution in [0.5, 0.6) is 0 Å². The van der Waals surface area contributed by atoms with Crippen molar-refractivity contribution in [3.8, 4) is 0 Å². The Balaban J connectivity index is 2.20. The average Bonchev–Trinajstić information content (AvgIpc) is 2.48. The number of esters is 1. The van der Waals surface area contributed by atoms with Crippen LogP contribution < -0.4 is 0 Å². The van der Waals surface area contributed by atoms with Crippen molar-refractivity contribution in [2.75, 3.05) is 6.61 Å². The van der Waals surface area contributed by atoms with Crippen LogP contribution >= 0.6 is 0 Å². The van der Waals surface area contributed by atoms with Crippen LogP contribution in [-0.4, -0.2) is 18.8 Å². The van der Waals surface area contributed by atoms with Gasteiger partial charge in [0, 0.05) is 5.92 Å². The van der Waals surface area contributed by atoms with E-state index in [0.29, 0.717) is 0 Å². The van der Waals surface area contributed by atoms with Gasteiger partial charge in [0.1, 0.15) is 6.61 Å². The van der Waals surface area contributed by atoms with Crippen LogP contribution in [0.15, 0.2) is 60.7 Å². The topological polar surface area (TPSA) is 26.3 Å². The Bertz CT molecular complexity index is 540. The van der Waals surface area contributed by atoms with Crippen LogP contribution in [0.3, 0.4) is 0 Å². The Morgan fingerprint density at radius 3 is 1.71 bits per heavy atom. The van der Waals surface area contributed by atoms with E-state index in [1.54, 1.807) is 48.5 Å². The minimum atomic E-state index is -4.97. The van der Waals surface area contributed by atoms with Gasteiger partial charge in [-0.2, -0.15) is 13.2 Å². The lowest BCUT2D eigenvalue weighted by Gasteiger charge is -2.18. The van der Waals surface area contributed by atoms with Crippen molar-refractivity contribution in [2.45, 2.75) is 12.1 Å². The molecule has 0 aromatic heterocycles. The number of benzene rings is 2. The summed E-state index contributed by atoms with van der Waals surface area (Å²) >= 11 is 0. The quantitative estimate of drug-likeness (QED) is 0.799. The first-order valence-corrected chi connectivity index (χ1v) is 6.32. The fourth-order valence-electron chi connectivity index (χ4n) is 2.00. The summed E-state index contributed by atoms with van der Waals surface area (Å²) in [5.41, 5.74) is 1.58. The van der Waals surface area contributed by atoms with Gasteiger partial charge in [-0.25, -0.2) is 4.79 Å². The van der Waals surface area contributed by atoms with E-state index < -0.39 is 18.1 Å². The van der Waals surface area contributed by atoms with Crippen molar-refractivity contribution in [1.82, 2.24) is 0 Å². The van der Waals surface area contributed by atoms with Gasteiger partial charge in [-0.3, -0.25) is 0 Å². The highest BCUT2D eigenvalue weighted by atomic mass is 19.4. The van der Waals surface area contributed by atoms with E-state index in [9.17, 15) is 18.0 Å². The van der Waals surface area contributed by atoms with Gasteiger partial charge in [0.05, 0.1) is 0 Å². The molecule has 110 valence electrons. The highest BCUT2D eigenvalue weighted by molar-refractivity contribution is 5.75. The average molecular weight is 294 g/mol. The maximum absolute atomic E-state index is 12.2. The Morgan fingerprint density at radius 1 is 0.905 bits per heavy atom. The van der Waals surface area contributed by atoms with Crippen molar-refractivity contribution in [1.29, 1.82) is 0 Å². The number of carbonyl (C=O) groups is 1. The standard InChI is InChI=1S/C16H13F3O2/c17-16(18,19)15(20)21-11-14(12-7-3-1-4-8-12)13-9-5-2-6-10-13/h1-10,14H,11H2. The van der Waals surface area contributed by atoms with Crippen molar-refractivity contribution >= 4 is 5.97 Å². The molecule has 0 fully saturated rings. The van der Waals surface area contributed by atoms with Crippen LogP contribution in [0.4, 0.5) is 13.2 Å².